The van der Waals surface area contributed by atoms with Gasteiger partial charge in [-0.15, -0.1) is 11.3 Å². The first kappa shape index (κ1) is 15.2. The van der Waals surface area contributed by atoms with Gasteiger partial charge in [-0.3, -0.25) is 4.79 Å². The molecule has 0 aliphatic rings. The van der Waals surface area contributed by atoms with Crippen LogP contribution in [0.15, 0.2) is 17.5 Å². The maximum Gasteiger partial charge on any atom is 0.228 e. The summed E-state index contributed by atoms with van der Waals surface area (Å²) >= 11 is 1.54. The summed E-state index contributed by atoms with van der Waals surface area (Å²) in [6.07, 6.45) is 1.54. The minimum atomic E-state index is -3.07. The van der Waals surface area contributed by atoms with Crippen molar-refractivity contribution in [1.82, 2.24) is 4.90 Å². The SMILES string of the molecule is CCN(C(=O)Cc1cccs1)[C@@H](C)CS(C)(=O)=O. The van der Waals surface area contributed by atoms with E-state index in [9.17, 15) is 13.2 Å². The average molecular weight is 289 g/mol. The minimum Gasteiger partial charge on any atom is -0.339 e. The van der Waals surface area contributed by atoms with Crippen LogP contribution in [-0.2, 0) is 21.1 Å². The summed E-state index contributed by atoms with van der Waals surface area (Å²) in [7, 11) is -3.07. The van der Waals surface area contributed by atoms with Crippen molar-refractivity contribution in [3.05, 3.63) is 22.4 Å². The van der Waals surface area contributed by atoms with Gasteiger partial charge in [-0.2, -0.15) is 0 Å². The van der Waals surface area contributed by atoms with E-state index in [1.807, 2.05) is 24.4 Å². The molecule has 4 nitrogen and oxygen atoms in total. The van der Waals surface area contributed by atoms with Crippen LogP contribution in [0.4, 0.5) is 0 Å². The van der Waals surface area contributed by atoms with E-state index in [1.165, 1.54) is 17.6 Å². The molecule has 102 valence electrons. The van der Waals surface area contributed by atoms with Gasteiger partial charge in [0.05, 0.1) is 12.2 Å². The van der Waals surface area contributed by atoms with E-state index in [1.54, 1.807) is 11.8 Å². The molecule has 0 spiro atoms. The first-order chi connectivity index (χ1) is 8.33. The molecule has 6 heteroatoms. The lowest BCUT2D eigenvalue weighted by Gasteiger charge is -2.27. The molecule has 18 heavy (non-hydrogen) atoms. The van der Waals surface area contributed by atoms with Crippen molar-refractivity contribution >= 4 is 27.1 Å². The molecule has 0 unspecified atom stereocenters. The number of rotatable bonds is 6. The Morgan fingerprint density at radius 1 is 1.50 bits per heavy atom. The third kappa shape index (κ3) is 4.78. The topological polar surface area (TPSA) is 54.5 Å². The summed E-state index contributed by atoms with van der Waals surface area (Å²) < 4.78 is 22.5. The summed E-state index contributed by atoms with van der Waals surface area (Å²) in [6, 6.07) is 3.54. The Labute approximate surface area is 113 Å². The third-order valence-corrected chi connectivity index (χ3v) is 4.61. The molecule has 0 aliphatic heterocycles. The van der Waals surface area contributed by atoms with Gasteiger partial charge < -0.3 is 4.90 Å². The Morgan fingerprint density at radius 2 is 2.17 bits per heavy atom. The number of carbonyl (C=O) groups is 1. The van der Waals surface area contributed by atoms with E-state index >= 15 is 0 Å². The number of sulfone groups is 1. The Kier molecular flexibility index (Phi) is 5.34. The van der Waals surface area contributed by atoms with Gasteiger partial charge in [0.25, 0.3) is 0 Å². The maximum atomic E-state index is 12.1. The molecule has 0 aromatic carbocycles. The molecule has 1 aromatic rings. The quantitative estimate of drug-likeness (QED) is 0.799. The fraction of sp³-hybridized carbons (Fsp3) is 0.583. The predicted octanol–water partition coefficient (Wildman–Crippen LogP) is 1.57. The Morgan fingerprint density at radius 3 is 2.61 bits per heavy atom. The lowest BCUT2D eigenvalue weighted by atomic mass is 10.2. The third-order valence-electron chi connectivity index (χ3n) is 2.64. The normalized spacial score (nSPS) is 13.3. The highest BCUT2D eigenvalue weighted by Crippen LogP contribution is 2.12. The van der Waals surface area contributed by atoms with Gasteiger partial charge in [-0.05, 0) is 25.3 Å². The smallest absolute Gasteiger partial charge is 0.228 e. The van der Waals surface area contributed by atoms with Crippen LogP contribution in [0.3, 0.4) is 0 Å². The van der Waals surface area contributed by atoms with Crippen LogP contribution < -0.4 is 0 Å². The fourth-order valence-electron chi connectivity index (χ4n) is 1.93. The molecule has 1 heterocycles. The first-order valence-corrected chi connectivity index (χ1v) is 8.77. The second-order valence-corrected chi connectivity index (χ2v) is 7.59. The number of hydrogen-bond acceptors (Lipinski definition) is 4. The maximum absolute atomic E-state index is 12.1. The number of thiophene rings is 1. The monoisotopic (exact) mass is 289 g/mol. The van der Waals surface area contributed by atoms with Gasteiger partial charge in [-0.1, -0.05) is 6.07 Å². The van der Waals surface area contributed by atoms with Gasteiger partial charge in [0.15, 0.2) is 0 Å². The van der Waals surface area contributed by atoms with Gasteiger partial charge in [0.1, 0.15) is 9.84 Å². The highest BCUT2D eigenvalue weighted by Gasteiger charge is 2.22. The van der Waals surface area contributed by atoms with Crippen LogP contribution in [0.1, 0.15) is 18.7 Å². The summed E-state index contributed by atoms with van der Waals surface area (Å²) in [5.74, 6) is -0.00657. The molecule has 0 fully saturated rings. The van der Waals surface area contributed by atoms with Gasteiger partial charge in [0.2, 0.25) is 5.91 Å². The first-order valence-electron chi connectivity index (χ1n) is 5.83. The van der Waals surface area contributed by atoms with Gasteiger partial charge >= 0.3 is 0 Å². The van der Waals surface area contributed by atoms with Crippen LogP contribution in [0.25, 0.3) is 0 Å². The molecule has 0 saturated heterocycles. The molecule has 1 atom stereocenters. The molecule has 0 aliphatic carbocycles. The second-order valence-electron chi connectivity index (χ2n) is 4.38. The van der Waals surface area contributed by atoms with Crippen molar-refractivity contribution in [2.75, 3.05) is 18.6 Å². The molecular formula is C12H19NO3S2. The molecule has 0 saturated carbocycles. The van der Waals surface area contributed by atoms with E-state index in [-0.39, 0.29) is 17.7 Å². The van der Waals surface area contributed by atoms with Crippen molar-refractivity contribution in [3.63, 3.8) is 0 Å². The van der Waals surface area contributed by atoms with Gasteiger partial charge in [-0.25, -0.2) is 8.42 Å². The van der Waals surface area contributed by atoms with E-state index in [2.05, 4.69) is 0 Å². The molecule has 1 rings (SSSR count). The van der Waals surface area contributed by atoms with E-state index in [4.69, 9.17) is 0 Å². The van der Waals surface area contributed by atoms with Crippen molar-refractivity contribution in [2.45, 2.75) is 26.3 Å². The molecule has 1 amide bonds. The highest BCUT2D eigenvalue weighted by molar-refractivity contribution is 7.90. The van der Waals surface area contributed by atoms with Crippen LogP contribution >= 0.6 is 11.3 Å². The molecular weight excluding hydrogens is 270 g/mol. The van der Waals surface area contributed by atoms with Crippen molar-refractivity contribution in [1.29, 1.82) is 0 Å². The van der Waals surface area contributed by atoms with E-state index in [0.717, 1.165) is 4.88 Å². The zero-order valence-corrected chi connectivity index (χ0v) is 12.6. The van der Waals surface area contributed by atoms with Crippen LogP contribution in [0.2, 0.25) is 0 Å². The number of carbonyl (C=O) groups excluding carboxylic acids is 1. The molecule has 0 bridgehead atoms. The Hall–Kier alpha value is -0.880. The number of nitrogens with zero attached hydrogens (tertiary/aromatic N) is 1. The van der Waals surface area contributed by atoms with Crippen molar-refractivity contribution in [2.24, 2.45) is 0 Å². The molecule has 0 radical (unpaired) electrons. The summed E-state index contributed by atoms with van der Waals surface area (Å²) in [5, 5.41) is 1.93. The van der Waals surface area contributed by atoms with Crippen LogP contribution in [-0.4, -0.2) is 43.8 Å². The second kappa shape index (κ2) is 6.33. The van der Waals surface area contributed by atoms with Crippen LogP contribution in [0.5, 0.6) is 0 Å². The lowest BCUT2D eigenvalue weighted by Crippen LogP contribution is -2.42. The zero-order valence-electron chi connectivity index (χ0n) is 10.9. The highest BCUT2D eigenvalue weighted by atomic mass is 32.2. The summed E-state index contributed by atoms with van der Waals surface area (Å²) in [4.78, 5) is 14.7. The number of likely N-dealkylation sites (N-methyl/N-ethyl adjacent to an activating group) is 1. The zero-order chi connectivity index (χ0) is 13.8. The number of hydrogen-bond donors (Lipinski definition) is 0. The van der Waals surface area contributed by atoms with Crippen molar-refractivity contribution in [3.8, 4) is 0 Å². The predicted molar refractivity (Wildman–Crippen MR) is 74.6 cm³/mol. The fourth-order valence-corrected chi connectivity index (χ4v) is 3.68. The standard InChI is InChI=1S/C12H19NO3S2/c1-4-13(10(2)9-18(3,15)16)12(14)8-11-6-5-7-17-11/h5-7,10H,4,8-9H2,1-3H3/t10-/m0/s1. The number of amides is 1. The van der Waals surface area contributed by atoms with Gasteiger partial charge in [0, 0.05) is 23.7 Å². The van der Waals surface area contributed by atoms with E-state index in [0.29, 0.717) is 13.0 Å². The van der Waals surface area contributed by atoms with Crippen LogP contribution in [0, 0.1) is 0 Å². The Balaban J connectivity index is 2.67. The van der Waals surface area contributed by atoms with E-state index < -0.39 is 9.84 Å². The molecule has 0 N–H and O–H groups in total. The summed E-state index contributed by atoms with van der Waals surface area (Å²) in [5.41, 5.74) is 0. The average Bonchev–Trinajstić information content (AvgIpc) is 2.68. The Bertz CT molecular complexity index is 479. The summed E-state index contributed by atoms with van der Waals surface area (Å²) in [6.45, 7) is 4.17. The minimum absolute atomic E-state index is 0.0109. The van der Waals surface area contributed by atoms with Crippen molar-refractivity contribution < 1.29 is 13.2 Å². The molecule has 1 aromatic heterocycles. The largest absolute Gasteiger partial charge is 0.339 e. The lowest BCUT2D eigenvalue weighted by molar-refractivity contribution is -0.131.